The van der Waals surface area contributed by atoms with Crippen LogP contribution >= 0.6 is 11.3 Å². The van der Waals surface area contributed by atoms with E-state index in [0.717, 1.165) is 12.8 Å². The van der Waals surface area contributed by atoms with Crippen molar-refractivity contribution in [3.05, 3.63) is 58.3 Å². The molecule has 0 saturated heterocycles. The molecule has 1 heterocycles. The van der Waals surface area contributed by atoms with Crippen molar-refractivity contribution < 1.29 is 9.63 Å². The Morgan fingerprint density at radius 3 is 2.74 bits per heavy atom. The molecule has 0 fully saturated rings. The van der Waals surface area contributed by atoms with E-state index in [-0.39, 0.29) is 12.5 Å². The van der Waals surface area contributed by atoms with Gasteiger partial charge < -0.3 is 15.9 Å². The van der Waals surface area contributed by atoms with E-state index in [4.69, 9.17) is 10.6 Å². The van der Waals surface area contributed by atoms with Crippen molar-refractivity contribution in [2.45, 2.75) is 19.3 Å². The second-order valence-corrected chi connectivity index (χ2v) is 6.05. The molecule has 0 aliphatic rings. The van der Waals surface area contributed by atoms with E-state index < -0.39 is 0 Å². The van der Waals surface area contributed by atoms with Gasteiger partial charge in [-0.05, 0) is 29.9 Å². The molecule has 0 bridgehead atoms. The van der Waals surface area contributed by atoms with Gasteiger partial charge >= 0.3 is 0 Å². The summed E-state index contributed by atoms with van der Waals surface area (Å²) in [5.74, 6) is 0.196. The van der Waals surface area contributed by atoms with Gasteiger partial charge in [-0.1, -0.05) is 41.6 Å². The number of hydrogen-bond donors (Lipinski definition) is 2. The zero-order valence-electron chi connectivity index (χ0n) is 12.9. The molecule has 2 aromatic rings. The number of rotatable bonds is 9. The molecule has 122 valence electrons. The Morgan fingerprint density at radius 1 is 1.17 bits per heavy atom. The van der Waals surface area contributed by atoms with Crippen LogP contribution in [0.25, 0.3) is 0 Å². The number of nitrogens with one attached hydrogen (secondary N) is 1. The third-order valence-corrected chi connectivity index (χ3v) is 4.10. The molecule has 3 N–H and O–H groups in total. The lowest BCUT2D eigenvalue weighted by Gasteiger charge is -2.04. The topological polar surface area (TPSA) is 76.7 Å². The molecule has 5 nitrogen and oxygen atoms in total. The maximum Gasteiger partial charge on any atom is 0.260 e. The van der Waals surface area contributed by atoms with Crippen molar-refractivity contribution in [3.63, 3.8) is 0 Å². The highest BCUT2D eigenvalue weighted by atomic mass is 32.1. The normalized spacial score (nSPS) is 11.2. The Kier molecular flexibility index (Phi) is 7.13. The molecule has 1 aromatic heterocycles. The average molecular weight is 331 g/mol. The maximum absolute atomic E-state index is 11.6. The monoisotopic (exact) mass is 331 g/mol. The van der Waals surface area contributed by atoms with E-state index in [1.54, 1.807) is 11.3 Å². The predicted molar refractivity (Wildman–Crippen MR) is 93.4 cm³/mol. The molecule has 0 aliphatic heterocycles. The standard InChI is InChI=1S/C17H21N3O2S/c18-16(9-8-14-5-2-1-3-6-14)20-22-13-17(21)19-11-10-15-7-4-12-23-15/h1-7,12H,8-11,13H2,(H2,18,20)(H,19,21). The molecule has 1 amide bonds. The summed E-state index contributed by atoms with van der Waals surface area (Å²) in [6.07, 6.45) is 2.22. The second-order valence-electron chi connectivity index (χ2n) is 5.02. The molecular weight excluding hydrogens is 310 g/mol. The van der Waals surface area contributed by atoms with E-state index in [1.807, 2.05) is 47.8 Å². The summed E-state index contributed by atoms with van der Waals surface area (Å²) >= 11 is 1.68. The minimum atomic E-state index is -0.193. The lowest BCUT2D eigenvalue weighted by atomic mass is 10.1. The van der Waals surface area contributed by atoms with Gasteiger partial charge in [0.15, 0.2) is 6.61 Å². The SMILES string of the molecule is N/C(CCc1ccccc1)=N\OCC(=O)NCCc1cccs1. The number of benzene rings is 1. The largest absolute Gasteiger partial charge is 0.384 e. The number of oxime groups is 1. The highest BCUT2D eigenvalue weighted by Crippen LogP contribution is 2.08. The van der Waals surface area contributed by atoms with Gasteiger partial charge in [0.2, 0.25) is 0 Å². The fourth-order valence-electron chi connectivity index (χ4n) is 1.97. The van der Waals surface area contributed by atoms with Crippen molar-refractivity contribution >= 4 is 23.1 Å². The lowest BCUT2D eigenvalue weighted by Crippen LogP contribution is -2.29. The molecule has 0 radical (unpaired) electrons. The summed E-state index contributed by atoms with van der Waals surface area (Å²) in [6, 6.07) is 14.1. The molecule has 0 atom stereocenters. The summed E-state index contributed by atoms with van der Waals surface area (Å²) in [4.78, 5) is 17.8. The van der Waals surface area contributed by atoms with Crippen molar-refractivity contribution in [2.75, 3.05) is 13.2 Å². The predicted octanol–water partition coefficient (Wildman–Crippen LogP) is 2.33. The summed E-state index contributed by atoms with van der Waals surface area (Å²) in [6.45, 7) is 0.479. The van der Waals surface area contributed by atoms with Crippen LogP contribution in [0.5, 0.6) is 0 Å². The maximum atomic E-state index is 11.6. The molecule has 6 heteroatoms. The average Bonchev–Trinajstić information content (AvgIpc) is 3.07. The Labute approximate surface area is 140 Å². The van der Waals surface area contributed by atoms with E-state index in [2.05, 4.69) is 10.5 Å². The van der Waals surface area contributed by atoms with Gasteiger partial charge in [0, 0.05) is 17.8 Å². The van der Waals surface area contributed by atoms with Crippen LogP contribution in [0.15, 0.2) is 53.0 Å². The Hall–Kier alpha value is -2.34. The van der Waals surface area contributed by atoms with Gasteiger partial charge in [-0.3, -0.25) is 4.79 Å². The number of thiophene rings is 1. The van der Waals surface area contributed by atoms with Crippen molar-refractivity contribution in [3.8, 4) is 0 Å². The van der Waals surface area contributed by atoms with E-state index in [9.17, 15) is 4.79 Å². The van der Waals surface area contributed by atoms with E-state index in [0.29, 0.717) is 18.8 Å². The lowest BCUT2D eigenvalue weighted by molar-refractivity contribution is -0.125. The van der Waals surface area contributed by atoms with Gasteiger partial charge in [0.25, 0.3) is 5.91 Å². The number of carbonyl (C=O) groups excluding carboxylic acids is 1. The third-order valence-electron chi connectivity index (χ3n) is 3.16. The zero-order chi connectivity index (χ0) is 16.3. The molecule has 0 unspecified atom stereocenters. The highest BCUT2D eigenvalue weighted by molar-refractivity contribution is 7.09. The van der Waals surface area contributed by atoms with Crippen LogP contribution in [0.1, 0.15) is 16.9 Å². The van der Waals surface area contributed by atoms with E-state index >= 15 is 0 Å². The van der Waals surface area contributed by atoms with Gasteiger partial charge in [0.05, 0.1) is 0 Å². The first kappa shape index (κ1) is 17.0. The Bertz CT molecular complexity index is 612. The third kappa shape index (κ3) is 6.97. The first-order valence-corrected chi connectivity index (χ1v) is 8.39. The number of aryl methyl sites for hydroxylation is 1. The van der Waals surface area contributed by atoms with Crippen LogP contribution in [0.2, 0.25) is 0 Å². The highest BCUT2D eigenvalue weighted by Gasteiger charge is 2.02. The first-order valence-electron chi connectivity index (χ1n) is 7.51. The number of amides is 1. The fraction of sp³-hybridized carbons (Fsp3) is 0.294. The minimum absolute atomic E-state index is 0.115. The van der Waals surface area contributed by atoms with Crippen LogP contribution in [0, 0.1) is 0 Å². The fourth-order valence-corrected chi connectivity index (χ4v) is 2.68. The van der Waals surface area contributed by atoms with Crippen molar-refractivity contribution in [2.24, 2.45) is 10.9 Å². The zero-order valence-corrected chi connectivity index (χ0v) is 13.7. The molecule has 0 spiro atoms. The van der Waals surface area contributed by atoms with Crippen molar-refractivity contribution in [1.29, 1.82) is 0 Å². The minimum Gasteiger partial charge on any atom is -0.384 e. The number of carbonyl (C=O) groups is 1. The molecule has 0 saturated carbocycles. The Morgan fingerprint density at radius 2 is 2.00 bits per heavy atom. The van der Waals surface area contributed by atoms with Crippen LogP contribution in [0.3, 0.4) is 0 Å². The molecule has 23 heavy (non-hydrogen) atoms. The first-order chi connectivity index (χ1) is 11.2. The second kappa shape index (κ2) is 9.63. The van der Waals surface area contributed by atoms with Crippen LogP contribution in [0.4, 0.5) is 0 Å². The quantitative estimate of drug-likeness (QED) is 0.421. The Balaban J connectivity index is 1.58. The molecular formula is C17H21N3O2S. The van der Waals surface area contributed by atoms with Gasteiger partial charge in [0.1, 0.15) is 5.84 Å². The van der Waals surface area contributed by atoms with Crippen LogP contribution in [-0.2, 0) is 22.5 Å². The van der Waals surface area contributed by atoms with Crippen molar-refractivity contribution in [1.82, 2.24) is 5.32 Å². The number of hydrogen-bond acceptors (Lipinski definition) is 4. The number of nitrogens with two attached hydrogens (primary N) is 1. The molecule has 0 aliphatic carbocycles. The van der Waals surface area contributed by atoms with Gasteiger partial charge in [-0.2, -0.15) is 0 Å². The molecule has 2 rings (SSSR count). The van der Waals surface area contributed by atoms with Crippen LogP contribution in [-0.4, -0.2) is 24.9 Å². The van der Waals surface area contributed by atoms with E-state index in [1.165, 1.54) is 10.4 Å². The summed E-state index contributed by atoms with van der Waals surface area (Å²) in [7, 11) is 0. The summed E-state index contributed by atoms with van der Waals surface area (Å²) < 4.78 is 0. The number of amidine groups is 1. The molecule has 1 aromatic carbocycles. The van der Waals surface area contributed by atoms with Gasteiger partial charge in [-0.25, -0.2) is 0 Å². The summed E-state index contributed by atoms with van der Waals surface area (Å²) in [5.41, 5.74) is 6.96. The number of nitrogens with zero attached hydrogens (tertiary/aromatic N) is 1. The smallest absolute Gasteiger partial charge is 0.260 e. The summed E-state index contributed by atoms with van der Waals surface area (Å²) in [5, 5.41) is 8.58. The van der Waals surface area contributed by atoms with Crippen LogP contribution < -0.4 is 11.1 Å². The van der Waals surface area contributed by atoms with Gasteiger partial charge in [-0.15, -0.1) is 11.3 Å².